The molecule has 0 atom stereocenters. The Kier molecular flexibility index (Phi) is 5.66. The molecule has 0 aliphatic rings. The minimum absolute atomic E-state index is 0.0419. The molecule has 2 rings (SSSR count). The van der Waals surface area contributed by atoms with Crippen molar-refractivity contribution >= 4 is 17.7 Å². The van der Waals surface area contributed by atoms with Gasteiger partial charge in [0.25, 0.3) is 5.03 Å². The Morgan fingerprint density at radius 1 is 1.27 bits per heavy atom. The topological polar surface area (TPSA) is 56.5 Å². The summed E-state index contributed by atoms with van der Waals surface area (Å²) in [5.74, 6) is 0.938. The fourth-order valence-corrected chi connectivity index (χ4v) is 2.80. The van der Waals surface area contributed by atoms with Crippen molar-refractivity contribution in [1.29, 1.82) is 0 Å². The lowest BCUT2D eigenvalue weighted by atomic mass is 10.2. The Hall–Kier alpha value is -2.21. The molecule has 1 aromatic carbocycles. The van der Waals surface area contributed by atoms with E-state index in [1.165, 1.54) is 18.0 Å². The van der Waals surface area contributed by atoms with E-state index in [1.54, 1.807) is 37.3 Å². The van der Waals surface area contributed by atoms with Crippen molar-refractivity contribution in [1.82, 2.24) is 4.90 Å². The van der Waals surface area contributed by atoms with E-state index in [9.17, 15) is 10.0 Å². The second kappa shape index (κ2) is 7.70. The first kappa shape index (κ1) is 16.2. The number of pyridine rings is 1. The van der Waals surface area contributed by atoms with Gasteiger partial charge >= 0.3 is 0 Å². The summed E-state index contributed by atoms with van der Waals surface area (Å²) in [5.41, 5.74) is 0.949. The molecule has 0 N–H and O–H groups in total. The van der Waals surface area contributed by atoms with Crippen LogP contribution in [0.3, 0.4) is 0 Å². The van der Waals surface area contributed by atoms with E-state index in [4.69, 9.17) is 4.74 Å². The Morgan fingerprint density at radius 2 is 2.00 bits per heavy atom. The average Bonchev–Trinajstić information content (AvgIpc) is 2.54. The molecule has 0 saturated carbocycles. The smallest absolute Gasteiger partial charge is 0.251 e. The number of para-hydroxylation sites is 1. The number of nitrogens with zero attached hydrogens (tertiary/aromatic N) is 2. The van der Waals surface area contributed by atoms with Crippen LogP contribution in [0.5, 0.6) is 5.75 Å². The number of benzene rings is 1. The number of aromatic nitrogens is 1. The van der Waals surface area contributed by atoms with E-state index in [-0.39, 0.29) is 11.7 Å². The molecule has 22 heavy (non-hydrogen) atoms. The molecule has 0 bridgehead atoms. The van der Waals surface area contributed by atoms with Crippen molar-refractivity contribution in [3.8, 4) is 5.75 Å². The van der Waals surface area contributed by atoms with Gasteiger partial charge in [-0.1, -0.05) is 18.2 Å². The lowest BCUT2D eigenvalue weighted by Gasteiger charge is -2.18. The minimum atomic E-state index is -0.0419. The van der Waals surface area contributed by atoms with Crippen LogP contribution in [-0.4, -0.2) is 30.7 Å². The van der Waals surface area contributed by atoms with Crippen molar-refractivity contribution in [2.24, 2.45) is 0 Å². The maximum absolute atomic E-state index is 12.2. The van der Waals surface area contributed by atoms with E-state index in [0.29, 0.717) is 11.6 Å². The van der Waals surface area contributed by atoms with Crippen LogP contribution in [0.1, 0.15) is 5.56 Å². The normalized spacial score (nSPS) is 10.3. The maximum atomic E-state index is 12.2. The van der Waals surface area contributed by atoms with Gasteiger partial charge in [-0.3, -0.25) is 4.79 Å². The van der Waals surface area contributed by atoms with Crippen LogP contribution >= 0.6 is 11.8 Å². The van der Waals surface area contributed by atoms with Gasteiger partial charge in [0.15, 0.2) is 6.20 Å². The molecule has 1 heterocycles. The molecule has 0 unspecified atom stereocenters. The number of thioether (sulfide) groups is 1. The quantitative estimate of drug-likeness (QED) is 0.465. The Morgan fingerprint density at radius 3 is 2.73 bits per heavy atom. The van der Waals surface area contributed by atoms with Crippen LogP contribution in [0, 0.1) is 5.21 Å². The van der Waals surface area contributed by atoms with E-state index in [2.05, 4.69) is 0 Å². The van der Waals surface area contributed by atoms with Gasteiger partial charge in [-0.15, -0.1) is 0 Å². The third-order valence-corrected chi connectivity index (χ3v) is 4.16. The molecule has 0 aliphatic carbocycles. The third kappa shape index (κ3) is 4.14. The van der Waals surface area contributed by atoms with Gasteiger partial charge in [-0.2, -0.15) is 4.73 Å². The van der Waals surface area contributed by atoms with Gasteiger partial charge in [-0.05, 0) is 23.9 Å². The number of carbonyl (C=O) groups excluding carboxylic acids is 1. The van der Waals surface area contributed by atoms with Crippen molar-refractivity contribution < 1.29 is 14.3 Å². The highest BCUT2D eigenvalue weighted by Gasteiger charge is 2.14. The molecule has 5 nitrogen and oxygen atoms in total. The first-order chi connectivity index (χ1) is 10.6. The van der Waals surface area contributed by atoms with Crippen LogP contribution in [0.15, 0.2) is 53.7 Å². The predicted molar refractivity (Wildman–Crippen MR) is 85.6 cm³/mol. The zero-order valence-corrected chi connectivity index (χ0v) is 13.4. The van der Waals surface area contributed by atoms with Crippen LogP contribution in [0.2, 0.25) is 0 Å². The van der Waals surface area contributed by atoms with Crippen molar-refractivity contribution in [2.45, 2.75) is 11.6 Å². The van der Waals surface area contributed by atoms with Crippen LogP contribution in [0.4, 0.5) is 0 Å². The first-order valence-corrected chi connectivity index (χ1v) is 7.77. The van der Waals surface area contributed by atoms with Crippen molar-refractivity contribution in [3.63, 3.8) is 0 Å². The monoisotopic (exact) mass is 318 g/mol. The molecular formula is C16H18N2O3S. The standard InChI is InChI=1S/C16H18N2O3S/c1-17(11-13-7-3-4-8-14(13)21-2)15(19)12-22-16-9-5-6-10-18(16)20/h3-10H,11-12H2,1-2H3. The molecule has 6 heteroatoms. The summed E-state index contributed by atoms with van der Waals surface area (Å²) in [6, 6.07) is 12.7. The Labute approximate surface area is 134 Å². The molecule has 1 aromatic heterocycles. The zero-order chi connectivity index (χ0) is 15.9. The van der Waals surface area contributed by atoms with Crippen LogP contribution in [-0.2, 0) is 11.3 Å². The summed E-state index contributed by atoms with van der Waals surface area (Å²) in [4.78, 5) is 13.8. The highest BCUT2D eigenvalue weighted by molar-refractivity contribution is 7.99. The van der Waals surface area contributed by atoms with E-state index >= 15 is 0 Å². The largest absolute Gasteiger partial charge is 0.618 e. The fourth-order valence-electron chi connectivity index (χ4n) is 1.95. The maximum Gasteiger partial charge on any atom is 0.251 e. The number of carbonyl (C=O) groups is 1. The summed E-state index contributed by atoms with van der Waals surface area (Å²) in [6.45, 7) is 0.468. The van der Waals surface area contributed by atoms with Gasteiger partial charge in [0, 0.05) is 31.3 Å². The van der Waals surface area contributed by atoms with E-state index < -0.39 is 0 Å². The SMILES string of the molecule is COc1ccccc1CN(C)C(=O)CSc1cccc[n+]1[O-]. The predicted octanol–water partition coefficient (Wildman–Crippen LogP) is 2.08. The van der Waals surface area contributed by atoms with Gasteiger partial charge < -0.3 is 14.8 Å². The van der Waals surface area contributed by atoms with Crippen LogP contribution in [0.25, 0.3) is 0 Å². The fraction of sp³-hybridized carbons (Fsp3) is 0.250. The number of methoxy groups -OCH3 is 1. The molecule has 2 aromatic rings. The van der Waals surface area contributed by atoms with Crippen molar-refractivity contribution in [3.05, 3.63) is 59.4 Å². The lowest BCUT2D eigenvalue weighted by molar-refractivity contribution is -0.645. The summed E-state index contributed by atoms with van der Waals surface area (Å²) in [5, 5.41) is 12.0. The van der Waals surface area contributed by atoms with E-state index in [0.717, 1.165) is 16.0 Å². The van der Waals surface area contributed by atoms with Crippen molar-refractivity contribution in [2.75, 3.05) is 19.9 Å². The second-order valence-electron chi connectivity index (χ2n) is 4.71. The number of hydrogen-bond donors (Lipinski definition) is 0. The number of rotatable bonds is 6. The van der Waals surface area contributed by atoms with E-state index in [1.807, 2.05) is 24.3 Å². The molecule has 0 radical (unpaired) electrons. The zero-order valence-electron chi connectivity index (χ0n) is 12.6. The van der Waals surface area contributed by atoms with Gasteiger partial charge in [0.05, 0.1) is 12.9 Å². The molecule has 0 spiro atoms. The van der Waals surface area contributed by atoms with Crippen LogP contribution < -0.4 is 9.47 Å². The molecule has 0 saturated heterocycles. The number of ether oxygens (including phenoxy) is 1. The number of amides is 1. The molecule has 0 aliphatic heterocycles. The highest BCUT2D eigenvalue weighted by Crippen LogP contribution is 2.19. The summed E-state index contributed by atoms with van der Waals surface area (Å²) in [7, 11) is 3.35. The molecule has 116 valence electrons. The summed E-state index contributed by atoms with van der Waals surface area (Å²) >= 11 is 1.23. The lowest BCUT2D eigenvalue weighted by Crippen LogP contribution is -2.31. The molecular weight excluding hydrogens is 300 g/mol. The second-order valence-corrected chi connectivity index (χ2v) is 5.71. The molecule has 0 fully saturated rings. The highest BCUT2D eigenvalue weighted by atomic mass is 32.2. The summed E-state index contributed by atoms with van der Waals surface area (Å²) < 4.78 is 6.05. The van der Waals surface area contributed by atoms with Gasteiger partial charge in [-0.25, -0.2) is 0 Å². The average molecular weight is 318 g/mol. The molecule has 1 amide bonds. The first-order valence-electron chi connectivity index (χ1n) is 6.78. The van der Waals surface area contributed by atoms with Gasteiger partial charge in [0.2, 0.25) is 5.91 Å². The third-order valence-electron chi connectivity index (χ3n) is 3.16. The van der Waals surface area contributed by atoms with Gasteiger partial charge in [0.1, 0.15) is 5.75 Å². The minimum Gasteiger partial charge on any atom is -0.618 e. The Bertz CT molecular complexity index is 649. The Balaban J connectivity index is 1.94. The summed E-state index contributed by atoms with van der Waals surface area (Å²) in [6.07, 6.45) is 1.42. The number of hydrogen-bond acceptors (Lipinski definition) is 4.